The number of aromatic nitrogens is 3. The van der Waals surface area contributed by atoms with Gasteiger partial charge in [0.05, 0.1) is 40.8 Å². The van der Waals surface area contributed by atoms with Gasteiger partial charge in [-0.15, -0.1) is 0 Å². The Morgan fingerprint density at radius 3 is 2.59 bits per heavy atom. The van der Waals surface area contributed by atoms with Gasteiger partial charge < -0.3 is 10.1 Å². The molecule has 1 aliphatic carbocycles. The molecule has 1 aromatic carbocycles. The SMILES string of the molecule is CCOc1ccc(NC(=O)c2cc(C3CC3)nc3c2c(C)nn3[C@H]2CCS(=O)(=O)C2)cc1. The van der Waals surface area contributed by atoms with Crippen LogP contribution in [-0.2, 0) is 9.84 Å². The third-order valence-corrected chi connectivity index (χ3v) is 7.82. The van der Waals surface area contributed by atoms with Crippen LogP contribution in [0.5, 0.6) is 5.75 Å². The summed E-state index contributed by atoms with van der Waals surface area (Å²) in [7, 11) is -3.07. The van der Waals surface area contributed by atoms with Crippen LogP contribution in [0.25, 0.3) is 11.0 Å². The van der Waals surface area contributed by atoms with Gasteiger partial charge in [0.15, 0.2) is 15.5 Å². The van der Waals surface area contributed by atoms with Crippen LogP contribution in [0.1, 0.15) is 59.9 Å². The Kier molecular flexibility index (Phi) is 5.16. The lowest BCUT2D eigenvalue weighted by molar-refractivity contribution is 0.102. The van der Waals surface area contributed by atoms with Crippen molar-refractivity contribution in [1.82, 2.24) is 14.8 Å². The number of pyridine rings is 1. The lowest BCUT2D eigenvalue weighted by Gasteiger charge is -2.12. The fourth-order valence-electron chi connectivity index (χ4n) is 4.32. The molecule has 3 aromatic rings. The zero-order valence-electron chi connectivity index (χ0n) is 18.2. The average molecular weight is 455 g/mol. The van der Waals surface area contributed by atoms with E-state index in [0.717, 1.165) is 24.3 Å². The van der Waals surface area contributed by atoms with Crippen LogP contribution in [-0.4, -0.2) is 47.2 Å². The molecule has 5 rings (SSSR count). The van der Waals surface area contributed by atoms with Crippen LogP contribution in [0.15, 0.2) is 30.3 Å². The Labute approximate surface area is 186 Å². The number of amides is 1. The molecule has 1 saturated heterocycles. The second-order valence-corrected chi connectivity index (χ2v) is 10.8. The summed E-state index contributed by atoms with van der Waals surface area (Å²) in [6.45, 7) is 4.34. The van der Waals surface area contributed by atoms with E-state index >= 15 is 0 Å². The lowest BCUT2D eigenvalue weighted by Crippen LogP contribution is -2.15. The van der Waals surface area contributed by atoms with Crippen LogP contribution in [0.3, 0.4) is 0 Å². The first-order valence-electron chi connectivity index (χ1n) is 11.0. The molecule has 0 spiro atoms. The van der Waals surface area contributed by atoms with Crippen molar-refractivity contribution in [3.63, 3.8) is 0 Å². The topological polar surface area (TPSA) is 103 Å². The van der Waals surface area contributed by atoms with E-state index in [2.05, 4.69) is 10.4 Å². The molecule has 1 amide bonds. The third kappa shape index (κ3) is 3.97. The molecular weight excluding hydrogens is 428 g/mol. The number of anilines is 1. The van der Waals surface area contributed by atoms with E-state index in [0.29, 0.717) is 46.9 Å². The summed E-state index contributed by atoms with van der Waals surface area (Å²) >= 11 is 0. The molecule has 1 atom stereocenters. The minimum Gasteiger partial charge on any atom is -0.494 e. The van der Waals surface area contributed by atoms with Crippen LogP contribution >= 0.6 is 0 Å². The molecule has 2 fully saturated rings. The summed E-state index contributed by atoms with van der Waals surface area (Å²) in [6.07, 6.45) is 2.61. The molecule has 0 radical (unpaired) electrons. The Balaban J connectivity index is 1.54. The molecule has 9 heteroatoms. The number of carbonyl (C=O) groups excluding carboxylic acids is 1. The monoisotopic (exact) mass is 454 g/mol. The maximum atomic E-state index is 13.3. The predicted molar refractivity (Wildman–Crippen MR) is 122 cm³/mol. The Morgan fingerprint density at radius 1 is 1.22 bits per heavy atom. The number of hydrogen-bond acceptors (Lipinski definition) is 6. The van der Waals surface area contributed by atoms with Crippen molar-refractivity contribution in [3.8, 4) is 5.75 Å². The van der Waals surface area contributed by atoms with E-state index in [-0.39, 0.29) is 23.5 Å². The largest absolute Gasteiger partial charge is 0.494 e. The van der Waals surface area contributed by atoms with Crippen molar-refractivity contribution >= 4 is 32.5 Å². The van der Waals surface area contributed by atoms with Crippen molar-refractivity contribution in [2.75, 3.05) is 23.4 Å². The van der Waals surface area contributed by atoms with Crippen molar-refractivity contribution in [2.24, 2.45) is 0 Å². The van der Waals surface area contributed by atoms with Crippen molar-refractivity contribution in [1.29, 1.82) is 0 Å². The first-order chi connectivity index (χ1) is 15.3. The second kappa shape index (κ2) is 7.88. The van der Waals surface area contributed by atoms with E-state index in [1.165, 1.54) is 0 Å². The number of aryl methyl sites for hydroxylation is 1. The maximum absolute atomic E-state index is 13.3. The number of sulfone groups is 1. The fourth-order valence-corrected chi connectivity index (χ4v) is 6.01. The van der Waals surface area contributed by atoms with Gasteiger partial charge in [0.2, 0.25) is 0 Å². The highest BCUT2D eigenvalue weighted by Crippen LogP contribution is 2.41. The van der Waals surface area contributed by atoms with Crippen LogP contribution in [0.4, 0.5) is 5.69 Å². The standard InChI is InChI=1S/C23H26N4O4S/c1-3-31-18-8-6-16(7-9-18)24-23(28)19-12-20(15-4-5-15)25-22-21(19)14(2)26-27(22)17-10-11-32(29,30)13-17/h6-9,12,15,17H,3-5,10-11,13H2,1-2H3,(H,24,28)/t17-/m0/s1. The number of fused-ring (bicyclic) bond motifs is 1. The number of carbonyl (C=O) groups is 1. The highest BCUT2D eigenvalue weighted by Gasteiger charge is 2.34. The van der Waals surface area contributed by atoms with Crippen molar-refractivity contribution in [2.45, 2.75) is 45.1 Å². The molecular formula is C23H26N4O4S. The molecule has 0 bridgehead atoms. The summed E-state index contributed by atoms with van der Waals surface area (Å²) in [5.41, 5.74) is 3.34. The van der Waals surface area contributed by atoms with Gasteiger partial charge in [-0.1, -0.05) is 0 Å². The molecule has 8 nitrogen and oxygen atoms in total. The third-order valence-electron chi connectivity index (χ3n) is 6.07. The summed E-state index contributed by atoms with van der Waals surface area (Å²) in [5, 5.41) is 8.29. The molecule has 2 aromatic heterocycles. The molecule has 1 N–H and O–H groups in total. The summed E-state index contributed by atoms with van der Waals surface area (Å²) < 4.78 is 31.3. The molecule has 2 aliphatic rings. The smallest absolute Gasteiger partial charge is 0.256 e. The highest BCUT2D eigenvalue weighted by atomic mass is 32.2. The minimum atomic E-state index is -3.07. The summed E-state index contributed by atoms with van der Waals surface area (Å²) in [4.78, 5) is 18.2. The van der Waals surface area contributed by atoms with E-state index in [1.807, 2.05) is 44.2 Å². The normalized spacial score (nSPS) is 19.9. The van der Waals surface area contributed by atoms with E-state index in [4.69, 9.17) is 9.72 Å². The van der Waals surface area contributed by atoms with Crippen molar-refractivity contribution in [3.05, 3.63) is 47.3 Å². The number of nitrogens with one attached hydrogen (secondary N) is 1. The number of ether oxygens (including phenoxy) is 1. The Hall–Kier alpha value is -2.94. The van der Waals surface area contributed by atoms with Gasteiger partial charge in [-0.2, -0.15) is 5.10 Å². The van der Waals surface area contributed by atoms with Crippen LogP contribution in [0, 0.1) is 6.92 Å². The quantitative estimate of drug-likeness (QED) is 0.610. The predicted octanol–water partition coefficient (Wildman–Crippen LogP) is 3.63. The van der Waals surface area contributed by atoms with Gasteiger partial charge in [0, 0.05) is 17.3 Å². The van der Waals surface area contributed by atoms with Gasteiger partial charge in [-0.3, -0.25) is 4.79 Å². The molecule has 32 heavy (non-hydrogen) atoms. The first kappa shape index (κ1) is 20.9. The zero-order chi connectivity index (χ0) is 22.5. The number of nitrogens with zero attached hydrogens (tertiary/aromatic N) is 3. The fraction of sp³-hybridized carbons (Fsp3) is 0.435. The highest BCUT2D eigenvalue weighted by molar-refractivity contribution is 7.91. The van der Waals surface area contributed by atoms with Gasteiger partial charge in [-0.05, 0) is 63.4 Å². The molecule has 1 saturated carbocycles. The van der Waals surface area contributed by atoms with Gasteiger partial charge in [-0.25, -0.2) is 18.1 Å². The molecule has 1 aliphatic heterocycles. The van der Waals surface area contributed by atoms with Gasteiger partial charge in [0.25, 0.3) is 5.91 Å². The van der Waals surface area contributed by atoms with Gasteiger partial charge in [0.1, 0.15) is 5.75 Å². The summed E-state index contributed by atoms with van der Waals surface area (Å²) in [5.74, 6) is 1.08. The van der Waals surface area contributed by atoms with Crippen LogP contribution < -0.4 is 10.1 Å². The van der Waals surface area contributed by atoms with E-state index in [9.17, 15) is 13.2 Å². The summed E-state index contributed by atoms with van der Waals surface area (Å²) in [6, 6.07) is 8.88. The van der Waals surface area contributed by atoms with E-state index in [1.54, 1.807) is 4.68 Å². The molecule has 168 valence electrons. The number of rotatable bonds is 6. The van der Waals surface area contributed by atoms with E-state index < -0.39 is 9.84 Å². The Bertz CT molecular complexity index is 1290. The average Bonchev–Trinajstić information content (AvgIpc) is 3.48. The van der Waals surface area contributed by atoms with Crippen molar-refractivity contribution < 1.29 is 17.9 Å². The maximum Gasteiger partial charge on any atom is 0.256 e. The Morgan fingerprint density at radius 2 is 1.97 bits per heavy atom. The number of benzene rings is 1. The van der Waals surface area contributed by atoms with Gasteiger partial charge >= 0.3 is 0 Å². The minimum absolute atomic E-state index is 0.0618. The zero-order valence-corrected chi connectivity index (χ0v) is 19.0. The van der Waals surface area contributed by atoms with Crippen LogP contribution in [0.2, 0.25) is 0 Å². The number of hydrogen-bond donors (Lipinski definition) is 1. The molecule has 0 unspecified atom stereocenters. The second-order valence-electron chi connectivity index (χ2n) is 8.57. The lowest BCUT2D eigenvalue weighted by atomic mass is 10.1. The first-order valence-corrected chi connectivity index (χ1v) is 12.8. The molecule has 3 heterocycles.